The second kappa shape index (κ2) is 4.96. The topological polar surface area (TPSA) is 24.9 Å². The van der Waals surface area contributed by atoms with Crippen LogP contribution in [-0.2, 0) is 0 Å². The van der Waals surface area contributed by atoms with Crippen molar-refractivity contribution in [3.05, 3.63) is 21.2 Å². The van der Waals surface area contributed by atoms with E-state index in [2.05, 4.69) is 22.6 Å². The van der Waals surface area contributed by atoms with Gasteiger partial charge in [0.2, 0.25) is 0 Å². The molecule has 2 aromatic heterocycles. The van der Waals surface area contributed by atoms with E-state index in [1.807, 2.05) is 11.4 Å². The van der Waals surface area contributed by atoms with Gasteiger partial charge in [-0.3, -0.25) is 0 Å². The largest absolute Gasteiger partial charge is 0.362 e. The standard InChI is InChI=1S/C10H11ClN2S2/c1-2-3-12-10-13-8(6-15-10)7-4-9(11)14-5-7/h4-6H,2-3H2,1H3,(H,12,13). The average Bonchev–Trinajstić information content (AvgIpc) is 2.83. The molecule has 0 aromatic carbocycles. The Morgan fingerprint density at radius 3 is 2.93 bits per heavy atom. The zero-order chi connectivity index (χ0) is 10.7. The summed E-state index contributed by atoms with van der Waals surface area (Å²) in [5.74, 6) is 0. The Hall–Kier alpha value is -0.580. The van der Waals surface area contributed by atoms with E-state index in [1.165, 1.54) is 11.3 Å². The third-order valence-electron chi connectivity index (χ3n) is 1.89. The van der Waals surface area contributed by atoms with E-state index in [0.717, 1.165) is 33.7 Å². The van der Waals surface area contributed by atoms with Crippen LogP contribution in [0.2, 0.25) is 4.34 Å². The maximum atomic E-state index is 5.88. The molecule has 15 heavy (non-hydrogen) atoms. The van der Waals surface area contributed by atoms with Crippen LogP contribution in [0.25, 0.3) is 11.3 Å². The molecule has 0 saturated heterocycles. The summed E-state index contributed by atoms with van der Waals surface area (Å²) in [4.78, 5) is 4.49. The van der Waals surface area contributed by atoms with E-state index in [9.17, 15) is 0 Å². The molecular weight excluding hydrogens is 248 g/mol. The molecule has 2 aromatic rings. The summed E-state index contributed by atoms with van der Waals surface area (Å²) in [6.07, 6.45) is 1.11. The number of aromatic nitrogens is 1. The zero-order valence-electron chi connectivity index (χ0n) is 8.29. The molecule has 0 aliphatic carbocycles. The lowest BCUT2D eigenvalue weighted by atomic mass is 10.3. The molecule has 0 radical (unpaired) electrons. The number of nitrogens with one attached hydrogen (secondary N) is 1. The van der Waals surface area contributed by atoms with Crippen LogP contribution in [0.4, 0.5) is 5.13 Å². The minimum Gasteiger partial charge on any atom is -0.362 e. The molecule has 0 aliphatic rings. The van der Waals surface area contributed by atoms with Gasteiger partial charge in [-0.05, 0) is 12.5 Å². The summed E-state index contributed by atoms with van der Waals surface area (Å²) in [5.41, 5.74) is 2.10. The van der Waals surface area contributed by atoms with Crippen LogP contribution in [0.15, 0.2) is 16.8 Å². The summed E-state index contributed by atoms with van der Waals surface area (Å²) in [6, 6.07) is 1.95. The van der Waals surface area contributed by atoms with Crippen LogP contribution < -0.4 is 5.32 Å². The van der Waals surface area contributed by atoms with Gasteiger partial charge in [-0.2, -0.15) is 0 Å². The van der Waals surface area contributed by atoms with E-state index in [1.54, 1.807) is 11.3 Å². The lowest BCUT2D eigenvalue weighted by molar-refractivity contribution is 0.976. The van der Waals surface area contributed by atoms with Gasteiger partial charge in [0.05, 0.1) is 10.0 Å². The Balaban J connectivity index is 2.13. The fraction of sp³-hybridized carbons (Fsp3) is 0.300. The Bertz CT molecular complexity index is 436. The average molecular weight is 259 g/mol. The number of nitrogens with zero attached hydrogens (tertiary/aromatic N) is 1. The molecule has 2 heterocycles. The molecule has 0 spiro atoms. The first-order valence-electron chi connectivity index (χ1n) is 4.73. The molecule has 1 N–H and O–H groups in total. The highest BCUT2D eigenvalue weighted by molar-refractivity contribution is 7.15. The number of thiophene rings is 1. The maximum Gasteiger partial charge on any atom is 0.183 e. The van der Waals surface area contributed by atoms with Crippen molar-refractivity contribution in [3.8, 4) is 11.3 Å². The van der Waals surface area contributed by atoms with E-state index in [4.69, 9.17) is 11.6 Å². The zero-order valence-corrected chi connectivity index (χ0v) is 10.7. The summed E-state index contributed by atoms with van der Waals surface area (Å²) >= 11 is 9.05. The first kappa shape index (κ1) is 10.9. The van der Waals surface area contributed by atoms with Crippen LogP contribution in [-0.4, -0.2) is 11.5 Å². The summed E-state index contributed by atoms with van der Waals surface area (Å²) < 4.78 is 0.807. The molecule has 0 amide bonds. The number of hydrogen-bond donors (Lipinski definition) is 1. The van der Waals surface area contributed by atoms with Gasteiger partial charge in [-0.1, -0.05) is 18.5 Å². The van der Waals surface area contributed by atoms with Crippen LogP contribution in [0.5, 0.6) is 0 Å². The molecule has 2 rings (SSSR count). The van der Waals surface area contributed by atoms with E-state index < -0.39 is 0 Å². The van der Waals surface area contributed by atoms with Gasteiger partial charge >= 0.3 is 0 Å². The second-order valence-corrected chi connectivity index (χ2v) is 5.50. The normalized spacial score (nSPS) is 10.5. The predicted octanol–water partition coefficient (Wildman–Crippen LogP) is 4.35. The second-order valence-electron chi connectivity index (χ2n) is 3.10. The van der Waals surface area contributed by atoms with Gasteiger partial charge in [0.15, 0.2) is 5.13 Å². The highest BCUT2D eigenvalue weighted by atomic mass is 35.5. The third kappa shape index (κ3) is 2.71. The van der Waals surface area contributed by atoms with Gasteiger partial charge in [-0.15, -0.1) is 22.7 Å². The molecule has 0 unspecified atom stereocenters. The molecule has 80 valence electrons. The highest BCUT2D eigenvalue weighted by Gasteiger charge is 2.05. The number of thiazole rings is 1. The quantitative estimate of drug-likeness (QED) is 0.882. The number of rotatable bonds is 4. The number of halogens is 1. The molecule has 0 atom stereocenters. The van der Waals surface area contributed by atoms with Gasteiger partial charge in [0.25, 0.3) is 0 Å². The highest BCUT2D eigenvalue weighted by Crippen LogP contribution is 2.30. The minimum absolute atomic E-state index is 0.807. The van der Waals surface area contributed by atoms with Crippen molar-refractivity contribution < 1.29 is 0 Å². The Morgan fingerprint density at radius 1 is 1.40 bits per heavy atom. The Morgan fingerprint density at radius 2 is 2.27 bits per heavy atom. The summed E-state index contributed by atoms with van der Waals surface area (Å²) in [6.45, 7) is 3.11. The van der Waals surface area contributed by atoms with Crippen LogP contribution in [0.1, 0.15) is 13.3 Å². The molecule has 0 fully saturated rings. The Kier molecular flexibility index (Phi) is 3.61. The number of hydrogen-bond acceptors (Lipinski definition) is 4. The van der Waals surface area contributed by atoms with Crippen molar-refractivity contribution in [1.82, 2.24) is 4.98 Å². The fourth-order valence-electron chi connectivity index (χ4n) is 1.16. The smallest absolute Gasteiger partial charge is 0.183 e. The Labute approximate surface area is 102 Å². The van der Waals surface area contributed by atoms with Gasteiger partial charge < -0.3 is 5.32 Å². The fourth-order valence-corrected chi connectivity index (χ4v) is 2.79. The lowest BCUT2D eigenvalue weighted by Gasteiger charge is -1.96. The molecule has 0 bridgehead atoms. The van der Waals surface area contributed by atoms with E-state index >= 15 is 0 Å². The monoisotopic (exact) mass is 258 g/mol. The number of anilines is 1. The van der Waals surface area contributed by atoms with Crippen molar-refractivity contribution in [2.24, 2.45) is 0 Å². The molecule has 0 aliphatic heterocycles. The van der Waals surface area contributed by atoms with Crippen LogP contribution in [0, 0.1) is 0 Å². The van der Waals surface area contributed by atoms with Crippen molar-refractivity contribution in [3.63, 3.8) is 0 Å². The minimum atomic E-state index is 0.807. The molecule has 2 nitrogen and oxygen atoms in total. The van der Waals surface area contributed by atoms with Crippen LogP contribution in [0.3, 0.4) is 0 Å². The van der Waals surface area contributed by atoms with Gasteiger partial charge in [0, 0.05) is 22.9 Å². The maximum absolute atomic E-state index is 5.88. The molecule has 0 saturated carbocycles. The third-order valence-corrected chi connectivity index (χ3v) is 3.78. The first-order chi connectivity index (χ1) is 7.29. The lowest BCUT2D eigenvalue weighted by Crippen LogP contribution is -1.98. The summed E-state index contributed by atoms with van der Waals surface area (Å²) in [5, 5.41) is 8.33. The SMILES string of the molecule is CCCNc1nc(-c2csc(Cl)c2)cs1. The molecular formula is C10H11ClN2S2. The van der Waals surface area contributed by atoms with Crippen molar-refractivity contribution >= 4 is 39.4 Å². The first-order valence-corrected chi connectivity index (χ1v) is 6.87. The van der Waals surface area contributed by atoms with E-state index in [0.29, 0.717) is 0 Å². The van der Waals surface area contributed by atoms with E-state index in [-0.39, 0.29) is 0 Å². The van der Waals surface area contributed by atoms with Gasteiger partial charge in [0.1, 0.15) is 0 Å². The van der Waals surface area contributed by atoms with Crippen molar-refractivity contribution in [2.45, 2.75) is 13.3 Å². The predicted molar refractivity (Wildman–Crippen MR) is 69.2 cm³/mol. The van der Waals surface area contributed by atoms with Crippen molar-refractivity contribution in [2.75, 3.05) is 11.9 Å². The summed E-state index contributed by atoms with van der Waals surface area (Å²) in [7, 11) is 0. The van der Waals surface area contributed by atoms with Gasteiger partial charge in [-0.25, -0.2) is 4.98 Å². The van der Waals surface area contributed by atoms with Crippen LogP contribution >= 0.6 is 34.3 Å². The van der Waals surface area contributed by atoms with Crippen molar-refractivity contribution in [1.29, 1.82) is 0 Å². The molecule has 5 heteroatoms.